The third-order valence-electron chi connectivity index (χ3n) is 4.71. The molecule has 5 heteroatoms. The maximum atomic E-state index is 6.33. The van der Waals surface area contributed by atoms with E-state index >= 15 is 0 Å². The van der Waals surface area contributed by atoms with Gasteiger partial charge in [0.05, 0.1) is 12.7 Å². The molecular weight excluding hydrogens is 319 g/mol. The SMILES string of the molecule is CC1COC(c2ccccc2Cl)CN1CC1CCCNC1.Cl. The van der Waals surface area contributed by atoms with Crippen LogP contribution in [0.3, 0.4) is 0 Å². The molecule has 0 bridgehead atoms. The van der Waals surface area contributed by atoms with Crippen molar-refractivity contribution in [3.63, 3.8) is 0 Å². The van der Waals surface area contributed by atoms with Crippen LogP contribution in [0.2, 0.25) is 5.02 Å². The predicted molar refractivity (Wildman–Crippen MR) is 94.0 cm³/mol. The van der Waals surface area contributed by atoms with Crippen LogP contribution in [0.1, 0.15) is 31.4 Å². The molecule has 0 spiro atoms. The van der Waals surface area contributed by atoms with Gasteiger partial charge < -0.3 is 10.1 Å². The monoisotopic (exact) mass is 344 g/mol. The first-order chi connectivity index (χ1) is 10.2. The number of piperidine rings is 1. The van der Waals surface area contributed by atoms with Gasteiger partial charge in [0.25, 0.3) is 0 Å². The summed E-state index contributed by atoms with van der Waals surface area (Å²) >= 11 is 6.33. The zero-order chi connectivity index (χ0) is 14.7. The van der Waals surface area contributed by atoms with Crippen LogP contribution in [-0.4, -0.2) is 43.7 Å². The van der Waals surface area contributed by atoms with E-state index in [1.165, 1.54) is 25.9 Å². The van der Waals surface area contributed by atoms with E-state index in [1.807, 2.05) is 18.2 Å². The van der Waals surface area contributed by atoms with Crippen molar-refractivity contribution in [2.75, 3.05) is 32.8 Å². The van der Waals surface area contributed by atoms with Gasteiger partial charge in [-0.2, -0.15) is 0 Å². The lowest BCUT2D eigenvalue weighted by atomic mass is 9.97. The van der Waals surface area contributed by atoms with Crippen LogP contribution in [0.4, 0.5) is 0 Å². The Kier molecular flexibility index (Phi) is 6.97. The molecule has 2 aliphatic rings. The molecule has 22 heavy (non-hydrogen) atoms. The second-order valence-corrected chi connectivity index (χ2v) is 6.77. The fourth-order valence-corrected chi connectivity index (χ4v) is 3.65. The lowest BCUT2D eigenvalue weighted by molar-refractivity contribution is -0.0653. The van der Waals surface area contributed by atoms with Gasteiger partial charge in [0.2, 0.25) is 0 Å². The Morgan fingerprint density at radius 3 is 2.91 bits per heavy atom. The molecule has 3 rings (SSSR count). The third-order valence-corrected chi connectivity index (χ3v) is 5.05. The molecule has 3 unspecified atom stereocenters. The van der Waals surface area contributed by atoms with Crippen LogP contribution in [0.15, 0.2) is 24.3 Å². The summed E-state index contributed by atoms with van der Waals surface area (Å²) in [4.78, 5) is 2.58. The van der Waals surface area contributed by atoms with Crippen molar-refractivity contribution in [2.45, 2.75) is 31.9 Å². The standard InChI is InChI=1S/C17H25ClN2O.ClH/c1-13-12-21-17(15-6-2-3-7-16(15)18)11-20(13)10-14-5-4-8-19-9-14;/h2-3,6-7,13-14,17,19H,4-5,8-12H2,1H3;1H. The van der Waals surface area contributed by atoms with Gasteiger partial charge in [-0.3, -0.25) is 4.90 Å². The van der Waals surface area contributed by atoms with E-state index < -0.39 is 0 Å². The Bertz CT molecular complexity index is 466. The molecule has 3 nitrogen and oxygen atoms in total. The minimum absolute atomic E-state index is 0. The lowest BCUT2D eigenvalue weighted by Gasteiger charge is -2.40. The molecule has 124 valence electrons. The lowest BCUT2D eigenvalue weighted by Crippen LogP contribution is -2.48. The van der Waals surface area contributed by atoms with Crippen molar-refractivity contribution in [1.29, 1.82) is 0 Å². The number of benzene rings is 1. The van der Waals surface area contributed by atoms with Crippen molar-refractivity contribution in [1.82, 2.24) is 10.2 Å². The molecular formula is C17H26Cl2N2O. The van der Waals surface area contributed by atoms with E-state index in [-0.39, 0.29) is 18.5 Å². The number of nitrogens with zero attached hydrogens (tertiary/aromatic N) is 1. The molecule has 0 amide bonds. The summed E-state index contributed by atoms with van der Waals surface area (Å²) in [6.45, 7) is 7.49. The van der Waals surface area contributed by atoms with E-state index in [4.69, 9.17) is 16.3 Å². The van der Waals surface area contributed by atoms with Crippen molar-refractivity contribution >= 4 is 24.0 Å². The van der Waals surface area contributed by atoms with Gasteiger partial charge in [0.1, 0.15) is 0 Å². The second-order valence-electron chi connectivity index (χ2n) is 6.36. The van der Waals surface area contributed by atoms with Crippen molar-refractivity contribution in [3.05, 3.63) is 34.9 Å². The molecule has 0 aliphatic carbocycles. The van der Waals surface area contributed by atoms with Crippen LogP contribution in [0.25, 0.3) is 0 Å². The number of hydrogen-bond donors (Lipinski definition) is 1. The largest absolute Gasteiger partial charge is 0.371 e. The highest BCUT2D eigenvalue weighted by atomic mass is 35.5. The summed E-state index contributed by atoms with van der Waals surface area (Å²) in [5, 5.41) is 4.33. The number of ether oxygens (including phenoxy) is 1. The summed E-state index contributed by atoms with van der Waals surface area (Å²) in [5.74, 6) is 0.770. The number of rotatable bonds is 3. The summed E-state index contributed by atoms with van der Waals surface area (Å²) in [6, 6.07) is 8.54. The quantitative estimate of drug-likeness (QED) is 0.907. The van der Waals surface area contributed by atoms with Gasteiger partial charge in [0, 0.05) is 29.7 Å². The molecule has 3 atom stereocenters. The topological polar surface area (TPSA) is 24.5 Å². The minimum Gasteiger partial charge on any atom is -0.371 e. The maximum Gasteiger partial charge on any atom is 0.0967 e. The van der Waals surface area contributed by atoms with Crippen LogP contribution < -0.4 is 5.32 Å². The maximum absolute atomic E-state index is 6.33. The van der Waals surface area contributed by atoms with Crippen LogP contribution >= 0.6 is 24.0 Å². The van der Waals surface area contributed by atoms with Crippen molar-refractivity contribution in [3.8, 4) is 0 Å². The first-order valence-electron chi connectivity index (χ1n) is 8.05. The summed E-state index contributed by atoms with van der Waals surface area (Å²) in [6.07, 6.45) is 2.75. The van der Waals surface area contributed by atoms with E-state index in [1.54, 1.807) is 0 Å². The van der Waals surface area contributed by atoms with Crippen LogP contribution in [0.5, 0.6) is 0 Å². The minimum atomic E-state index is 0. The zero-order valence-corrected chi connectivity index (χ0v) is 14.7. The molecule has 0 saturated carbocycles. The van der Waals surface area contributed by atoms with Gasteiger partial charge in [-0.25, -0.2) is 0 Å². The first kappa shape index (κ1) is 18.0. The zero-order valence-electron chi connectivity index (χ0n) is 13.1. The molecule has 0 aromatic heterocycles. The fraction of sp³-hybridized carbons (Fsp3) is 0.647. The summed E-state index contributed by atoms with van der Waals surface area (Å²) in [5.41, 5.74) is 1.12. The van der Waals surface area contributed by atoms with Crippen LogP contribution in [0, 0.1) is 5.92 Å². The Balaban J connectivity index is 0.00000176. The summed E-state index contributed by atoms with van der Waals surface area (Å²) < 4.78 is 6.03. The number of morpholine rings is 1. The average molecular weight is 345 g/mol. The van der Waals surface area contributed by atoms with E-state index in [0.717, 1.165) is 36.2 Å². The average Bonchev–Trinajstić information content (AvgIpc) is 2.51. The van der Waals surface area contributed by atoms with Crippen LogP contribution in [-0.2, 0) is 4.74 Å². The highest BCUT2D eigenvalue weighted by Gasteiger charge is 2.30. The fourth-order valence-electron chi connectivity index (χ4n) is 3.40. The van der Waals surface area contributed by atoms with E-state index in [9.17, 15) is 0 Å². The molecule has 1 aromatic carbocycles. The molecule has 1 aromatic rings. The normalized spacial score (nSPS) is 29.8. The third kappa shape index (κ3) is 4.36. The van der Waals surface area contributed by atoms with Gasteiger partial charge >= 0.3 is 0 Å². The highest BCUT2D eigenvalue weighted by molar-refractivity contribution is 6.31. The Morgan fingerprint density at radius 1 is 1.36 bits per heavy atom. The van der Waals surface area contributed by atoms with E-state index in [0.29, 0.717) is 6.04 Å². The molecule has 0 radical (unpaired) electrons. The molecule has 1 N–H and O–H groups in total. The van der Waals surface area contributed by atoms with E-state index in [2.05, 4.69) is 23.2 Å². The van der Waals surface area contributed by atoms with Crippen molar-refractivity contribution < 1.29 is 4.74 Å². The molecule has 2 saturated heterocycles. The Morgan fingerprint density at radius 2 is 2.18 bits per heavy atom. The van der Waals surface area contributed by atoms with Gasteiger partial charge in [-0.05, 0) is 44.8 Å². The smallest absolute Gasteiger partial charge is 0.0967 e. The first-order valence-corrected chi connectivity index (χ1v) is 8.42. The van der Waals surface area contributed by atoms with Gasteiger partial charge in [-0.15, -0.1) is 12.4 Å². The van der Waals surface area contributed by atoms with Gasteiger partial charge in [-0.1, -0.05) is 29.8 Å². The molecule has 2 heterocycles. The Labute approximate surface area is 144 Å². The van der Waals surface area contributed by atoms with Crippen molar-refractivity contribution in [2.24, 2.45) is 5.92 Å². The highest BCUT2D eigenvalue weighted by Crippen LogP contribution is 2.30. The number of hydrogen-bond acceptors (Lipinski definition) is 3. The van der Waals surface area contributed by atoms with Gasteiger partial charge in [0.15, 0.2) is 0 Å². The Hall–Kier alpha value is -0.320. The predicted octanol–water partition coefficient (Wildman–Crippen LogP) is 3.52. The number of nitrogens with one attached hydrogen (secondary N) is 1. The summed E-state index contributed by atoms with van der Waals surface area (Å²) in [7, 11) is 0. The molecule has 2 fully saturated rings. The second kappa shape index (κ2) is 8.51. The molecule has 2 aliphatic heterocycles. The number of halogens is 2.